The first-order chi connectivity index (χ1) is 9.06. The second kappa shape index (κ2) is 5.56. The maximum absolute atomic E-state index is 11.7. The second-order valence-corrected chi connectivity index (χ2v) is 4.53. The number of hydrogen-bond acceptors (Lipinski definition) is 2. The highest BCUT2D eigenvalue weighted by atomic mass is 16.4. The molecule has 1 aromatic carbocycles. The first kappa shape index (κ1) is 13.1. The number of hydrogen-bond donors (Lipinski definition) is 3. The predicted molar refractivity (Wildman–Crippen MR) is 72.0 cm³/mol. The van der Waals surface area contributed by atoms with E-state index in [1.54, 1.807) is 0 Å². The number of aryl methyl sites for hydroxylation is 1. The summed E-state index contributed by atoms with van der Waals surface area (Å²) < 4.78 is 0. The van der Waals surface area contributed by atoms with Gasteiger partial charge in [0.15, 0.2) is 0 Å². The monoisotopic (exact) mass is 260 g/mol. The van der Waals surface area contributed by atoms with Gasteiger partial charge in [0.25, 0.3) is 0 Å². The number of aromatic amines is 1. The molecule has 0 aliphatic heterocycles. The number of rotatable bonds is 5. The van der Waals surface area contributed by atoms with Crippen molar-refractivity contribution in [1.29, 1.82) is 0 Å². The minimum absolute atomic E-state index is 0.0568. The molecule has 0 spiro atoms. The van der Waals surface area contributed by atoms with E-state index in [9.17, 15) is 9.59 Å². The Hall–Kier alpha value is -2.30. The standard InChI is InChI=1S/C14H16N2O3/c1-9-2-3-12-11(6-9)10(8-16-12)7-13(17)15-5-4-14(18)19/h2-3,6,8,16H,4-5,7H2,1H3,(H,15,17)(H,18,19). The number of aromatic nitrogens is 1. The van der Waals surface area contributed by atoms with Crippen molar-refractivity contribution in [2.24, 2.45) is 0 Å². The summed E-state index contributed by atoms with van der Waals surface area (Å²) in [7, 11) is 0. The number of benzene rings is 1. The molecule has 3 N–H and O–H groups in total. The number of nitrogens with one attached hydrogen (secondary N) is 2. The molecule has 2 aromatic rings. The number of carboxylic acid groups (broad SMARTS) is 1. The van der Waals surface area contributed by atoms with Gasteiger partial charge >= 0.3 is 5.97 Å². The highest BCUT2D eigenvalue weighted by Crippen LogP contribution is 2.19. The SMILES string of the molecule is Cc1ccc2[nH]cc(CC(=O)NCCC(=O)O)c2c1. The minimum atomic E-state index is -0.914. The van der Waals surface area contributed by atoms with Gasteiger partial charge in [-0.05, 0) is 24.6 Å². The third-order valence-electron chi connectivity index (χ3n) is 2.93. The van der Waals surface area contributed by atoms with Crippen molar-refractivity contribution in [2.45, 2.75) is 19.8 Å². The van der Waals surface area contributed by atoms with Crippen molar-refractivity contribution in [3.05, 3.63) is 35.5 Å². The summed E-state index contributed by atoms with van der Waals surface area (Å²) in [6.45, 7) is 2.17. The number of fused-ring (bicyclic) bond motifs is 1. The van der Waals surface area contributed by atoms with Gasteiger partial charge in [-0.25, -0.2) is 0 Å². The first-order valence-corrected chi connectivity index (χ1v) is 6.11. The topological polar surface area (TPSA) is 82.2 Å². The van der Waals surface area contributed by atoms with Crippen LogP contribution in [0.1, 0.15) is 17.5 Å². The van der Waals surface area contributed by atoms with E-state index >= 15 is 0 Å². The van der Waals surface area contributed by atoms with Crippen molar-refractivity contribution in [1.82, 2.24) is 10.3 Å². The molecule has 2 rings (SSSR count). The fourth-order valence-corrected chi connectivity index (χ4v) is 1.98. The zero-order chi connectivity index (χ0) is 13.8. The van der Waals surface area contributed by atoms with Crippen LogP contribution in [0.25, 0.3) is 10.9 Å². The predicted octanol–water partition coefficient (Wildman–Crippen LogP) is 1.61. The number of carbonyl (C=O) groups is 2. The number of amides is 1. The molecule has 19 heavy (non-hydrogen) atoms. The van der Waals surface area contributed by atoms with Gasteiger partial charge in [0.2, 0.25) is 5.91 Å². The summed E-state index contributed by atoms with van der Waals surface area (Å²) in [5.41, 5.74) is 3.06. The van der Waals surface area contributed by atoms with Crippen LogP contribution in [0.3, 0.4) is 0 Å². The van der Waals surface area contributed by atoms with E-state index in [0.29, 0.717) is 0 Å². The summed E-state index contributed by atoms with van der Waals surface area (Å²) in [5.74, 6) is -1.08. The van der Waals surface area contributed by atoms with Crippen LogP contribution in [-0.4, -0.2) is 28.5 Å². The fraction of sp³-hybridized carbons (Fsp3) is 0.286. The summed E-state index contributed by atoms with van der Waals surface area (Å²) in [5, 5.41) is 12.1. The molecular formula is C14H16N2O3. The van der Waals surface area contributed by atoms with Crippen molar-refractivity contribution < 1.29 is 14.7 Å². The Labute approximate surface area is 110 Å². The minimum Gasteiger partial charge on any atom is -0.481 e. The van der Waals surface area contributed by atoms with E-state index in [0.717, 1.165) is 22.0 Å². The molecule has 5 nitrogen and oxygen atoms in total. The lowest BCUT2D eigenvalue weighted by Crippen LogP contribution is -2.27. The van der Waals surface area contributed by atoms with Gasteiger partial charge < -0.3 is 15.4 Å². The summed E-state index contributed by atoms with van der Waals surface area (Å²) >= 11 is 0. The molecule has 0 fully saturated rings. The summed E-state index contributed by atoms with van der Waals surface area (Å²) in [4.78, 5) is 25.2. The molecule has 0 bridgehead atoms. The Bertz CT molecular complexity index is 616. The summed E-state index contributed by atoms with van der Waals surface area (Å²) in [6, 6.07) is 6.03. The number of carboxylic acids is 1. The Balaban J connectivity index is 2.02. The van der Waals surface area contributed by atoms with Crippen LogP contribution in [0, 0.1) is 6.92 Å². The molecule has 0 aliphatic carbocycles. The van der Waals surface area contributed by atoms with E-state index in [1.807, 2.05) is 31.3 Å². The van der Waals surface area contributed by atoms with Gasteiger partial charge in [-0.3, -0.25) is 9.59 Å². The number of carbonyl (C=O) groups excluding carboxylic acids is 1. The van der Waals surface area contributed by atoms with Gasteiger partial charge in [0.1, 0.15) is 0 Å². The Morgan fingerprint density at radius 2 is 2.16 bits per heavy atom. The van der Waals surface area contributed by atoms with Crippen LogP contribution in [0.15, 0.2) is 24.4 Å². The van der Waals surface area contributed by atoms with Crippen LogP contribution in [0.2, 0.25) is 0 Å². The van der Waals surface area contributed by atoms with E-state index in [-0.39, 0.29) is 25.3 Å². The molecule has 0 radical (unpaired) electrons. The molecule has 0 atom stereocenters. The Kier molecular flexibility index (Phi) is 3.85. The molecule has 0 saturated heterocycles. The normalized spacial score (nSPS) is 10.6. The van der Waals surface area contributed by atoms with E-state index in [1.165, 1.54) is 0 Å². The number of aliphatic carboxylic acids is 1. The molecule has 0 aliphatic rings. The summed E-state index contributed by atoms with van der Waals surface area (Å²) in [6.07, 6.45) is 2.02. The van der Waals surface area contributed by atoms with Crippen LogP contribution in [-0.2, 0) is 16.0 Å². The van der Waals surface area contributed by atoms with E-state index in [2.05, 4.69) is 10.3 Å². The van der Waals surface area contributed by atoms with Crippen molar-refractivity contribution in [3.63, 3.8) is 0 Å². The van der Waals surface area contributed by atoms with Gasteiger partial charge in [0.05, 0.1) is 12.8 Å². The average Bonchev–Trinajstić information content (AvgIpc) is 2.71. The molecule has 5 heteroatoms. The van der Waals surface area contributed by atoms with Crippen LogP contribution in [0.4, 0.5) is 0 Å². The van der Waals surface area contributed by atoms with Crippen LogP contribution >= 0.6 is 0 Å². The highest BCUT2D eigenvalue weighted by molar-refractivity contribution is 5.89. The second-order valence-electron chi connectivity index (χ2n) is 4.53. The average molecular weight is 260 g/mol. The maximum atomic E-state index is 11.7. The third kappa shape index (κ3) is 3.34. The fourth-order valence-electron chi connectivity index (χ4n) is 1.98. The molecule has 100 valence electrons. The smallest absolute Gasteiger partial charge is 0.305 e. The first-order valence-electron chi connectivity index (χ1n) is 6.11. The lowest BCUT2D eigenvalue weighted by Gasteiger charge is -2.03. The molecule has 0 unspecified atom stereocenters. The Morgan fingerprint density at radius 3 is 2.89 bits per heavy atom. The van der Waals surface area contributed by atoms with Crippen molar-refractivity contribution >= 4 is 22.8 Å². The van der Waals surface area contributed by atoms with E-state index < -0.39 is 5.97 Å². The molecular weight excluding hydrogens is 244 g/mol. The highest BCUT2D eigenvalue weighted by Gasteiger charge is 2.09. The van der Waals surface area contributed by atoms with Crippen molar-refractivity contribution in [2.75, 3.05) is 6.54 Å². The molecule has 1 aromatic heterocycles. The molecule has 0 saturated carbocycles. The van der Waals surface area contributed by atoms with Crippen LogP contribution in [0.5, 0.6) is 0 Å². The van der Waals surface area contributed by atoms with Gasteiger partial charge in [-0.15, -0.1) is 0 Å². The zero-order valence-corrected chi connectivity index (χ0v) is 10.7. The number of H-pyrrole nitrogens is 1. The molecule has 1 heterocycles. The van der Waals surface area contributed by atoms with E-state index in [4.69, 9.17) is 5.11 Å². The van der Waals surface area contributed by atoms with Gasteiger partial charge in [0, 0.05) is 23.6 Å². The largest absolute Gasteiger partial charge is 0.481 e. The maximum Gasteiger partial charge on any atom is 0.305 e. The van der Waals surface area contributed by atoms with Gasteiger partial charge in [-0.2, -0.15) is 0 Å². The van der Waals surface area contributed by atoms with Crippen molar-refractivity contribution in [3.8, 4) is 0 Å². The quantitative estimate of drug-likeness (QED) is 0.763. The van der Waals surface area contributed by atoms with Crippen LogP contribution < -0.4 is 5.32 Å². The zero-order valence-electron chi connectivity index (χ0n) is 10.7. The Morgan fingerprint density at radius 1 is 1.37 bits per heavy atom. The van der Waals surface area contributed by atoms with Gasteiger partial charge in [-0.1, -0.05) is 11.6 Å². The lowest BCUT2D eigenvalue weighted by atomic mass is 10.1. The molecule has 1 amide bonds. The lowest BCUT2D eigenvalue weighted by molar-refractivity contribution is -0.136. The third-order valence-corrected chi connectivity index (χ3v) is 2.93.